The lowest BCUT2D eigenvalue weighted by Gasteiger charge is -2.16. The third kappa shape index (κ3) is 5.36. The fourth-order valence-corrected chi connectivity index (χ4v) is 4.20. The van der Waals surface area contributed by atoms with E-state index in [9.17, 15) is 0 Å². The van der Waals surface area contributed by atoms with Gasteiger partial charge in [0.25, 0.3) is 0 Å². The largest absolute Gasteiger partial charge is 0.497 e. The molecule has 4 rings (SSSR count). The van der Waals surface area contributed by atoms with E-state index in [-0.39, 0.29) is 0 Å². The van der Waals surface area contributed by atoms with E-state index in [4.69, 9.17) is 32.7 Å². The van der Waals surface area contributed by atoms with Crippen molar-refractivity contribution in [1.82, 2.24) is 5.32 Å². The van der Waals surface area contributed by atoms with Gasteiger partial charge in [0.05, 0.1) is 7.11 Å². The van der Waals surface area contributed by atoms with Crippen molar-refractivity contribution in [2.45, 2.75) is 19.6 Å². The molecule has 5 heteroatoms. The lowest BCUT2D eigenvalue weighted by Crippen LogP contribution is -2.17. The van der Waals surface area contributed by atoms with Gasteiger partial charge in [-0.3, -0.25) is 0 Å². The molecule has 0 fully saturated rings. The van der Waals surface area contributed by atoms with Crippen molar-refractivity contribution in [3.63, 3.8) is 0 Å². The summed E-state index contributed by atoms with van der Waals surface area (Å²) < 4.78 is 11.4. The number of fused-ring (bicyclic) bond motifs is 1. The minimum atomic E-state index is 0.315. The third-order valence-electron chi connectivity index (χ3n) is 5.48. The zero-order chi connectivity index (χ0) is 22.3. The molecule has 0 aliphatic carbocycles. The van der Waals surface area contributed by atoms with Crippen LogP contribution in [0, 0.1) is 0 Å². The van der Waals surface area contributed by atoms with E-state index >= 15 is 0 Å². The molecule has 0 radical (unpaired) electrons. The first-order valence-electron chi connectivity index (χ1n) is 10.6. The Hall–Kier alpha value is -2.72. The Morgan fingerprint density at radius 1 is 0.781 bits per heavy atom. The van der Waals surface area contributed by atoms with Crippen molar-refractivity contribution in [2.75, 3.05) is 13.7 Å². The van der Waals surface area contributed by atoms with Crippen LogP contribution in [-0.2, 0) is 19.6 Å². The number of hydrogen-bond acceptors (Lipinski definition) is 3. The normalized spacial score (nSPS) is 11.0. The summed E-state index contributed by atoms with van der Waals surface area (Å²) in [6.45, 7) is 1.87. The number of hydrogen-bond donors (Lipinski definition) is 1. The molecule has 0 bridgehead atoms. The molecule has 32 heavy (non-hydrogen) atoms. The number of halogens is 2. The van der Waals surface area contributed by atoms with E-state index in [1.54, 1.807) is 7.11 Å². The molecule has 164 valence electrons. The van der Waals surface area contributed by atoms with Gasteiger partial charge in [-0.1, -0.05) is 71.7 Å². The highest BCUT2D eigenvalue weighted by atomic mass is 35.5. The molecule has 4 aromatic carbocycles. The monoisotopic (exact) mass is 465 g/mol. The second kappa shape index (κ2) is 10.7. The van der Waals surface area contributed by atoms with E-state index in [0.717, 1.165) is 35.6 Å². The molecule has 0 spiro atoms. The second-order valence-electron chi connectivity index (χ2n) is 7.53. The molecular weight excluding hydrogens is 441 g/mol. The van der Waals surface area contributed by atoms with Crippen LogP contribution in [0.15, 0.2) is 78.9 Å². The quantitative estimate of drug-likeness (QED) is 0.268. The first kappa shape index (κ1) is 22.5. The van der Waals surface area contributed by atoms with Gasteiger partial charge in [-0.25, -0.2) is 0 Å². The van der Waals surface area contributed by atoms with Gasteiger partial charge in [-0.15, -0.1) is 0 Å². The highest BCUT2D eigenvalue weighted by Gasteiger charge is 2.12. The van der Waals surface area contributed by atoms with Crippen LogP contribution in [0.1, 0.15) is 16.7 Å². The molecular formula is C27H25Cl2NO2. The average molecular weight is 466 g/mol. The number of rotatable bonds is 9. The molecule has 3 nitrogen and oxygen atoms in total. The predicted octanol–water partition coefficient (Wildman–Crippen LogP) is 7.07. The first-order valence-corrected chi connectivity index (χ1v) is 11.3. The van der Waals surface area contributed by atoms with E-state index < -0.39 is 0 Å². The molecule has 1 N–H and O–H groups in total. The Kier molecular flexibility index (Phi) is 7.54. The topological polar surface area (TPSA) is 30.5 Å². The van der Waals surface area contributed by atoms with Crippen LogP contribution in [0.5, 0.6) is 11.5 Å². The maximum absolute atomic E-state index is 6.33. The predicted molar refractivity (Wildman–Crippen MR) is 133 cm³/mol. The van der Waals surface area contributed by atoms with Gasteiger partial charge in [0, 0.05) is 27.7 Å². The molecule has 0 saturated carbocycles. The number of nitrogens with one attached hydrogen (secondary N) is 1. The Morgan fingerprint density at radius 3 is 2.28 bits per heavy atom. The smallest absolute Gasteiger partial charge is 0.124 e. The van der Waals surface area contributed by atoms with Crippen LogP contribution in [-0.4, -0.2) is 13.7 Å². The summed E-state index contributed by atoms with van der Waals surface area (Å²) in [7, 11) is 1.68. The van der Waals surface area contributed by atoms with Gasteiger partial charge in [0.1, 0.15) is 18.1 Å². The summed E-state index contributed by atoms with van der Waals surface area (Å²) >= 11 is 12.7. The minimum Gasteiger partial charge on any atom is -0.497 e. The van der Waals surface area contributed by atoms with Gasteiger partial charge in [0.15, 0.2) is 0 Å². The first-order chi connectivity index (χ1) is 15.7. The molecule has 0 amide bonds. The molecule has 0 aliphatic heterocycles. The van der Waals surface area contributed by atoms with Crippen LogP contribution in [0.25, 0.3) is 10.8 Å². The van der Waals surface area contributed by atoms with Gasteiger partial charge in [0.2, 0.25) is 0 Å². The summed E-state index contributed by atoms with van der Waals surface area (Å²) in [5, 5.41) is 7.14. The van der Waals surface area contributed by atoms with Gasteiger partial charge >= 0.3 is 0 Å². The summed E-state index contributed by atoms with van der Waals surface area (Å²) in [6.07, 6.45) is 0.931. The lowest BCUT2D eigenvalue weighted by atomic mass is 10.0. The van der Waals surface area contributed by atoms with Crippen molar-refractivity contribution in [3.8, 4) is 11.5 Å². The summed E-state index contributed by atoms with van der Waals surface area (Å²) in [4.78, 5) is 0. The highest BCUT2D eigenvalue weighted by molar-refractivity contribution is 6.35. The highest BCUT2D eigenvalue weighted by Crippen LogP contribution is 2.31. The fourth-order valence-electron chi connectivity index (χ4n) is 3.69. The molecule has 0 heterocycles. The van der Waals surface area contributed by atoms with Crippen molar-refractivity contribution in [3.05, 3.63) is 106 Å². The zero-order valence-electron chi connectivity index (χ0n) is 17.9. The van der Waals surface area contributed by atoms with Crippen molar-refractivity contribution < 1.29 is 9.47 Å². The molecule has 0 atom stereocenters. The van der Waals surface area contributed by atoms with E-state index in [0.29, 0.717) is 23.2 Å². The van der Waals surface area contributed by atoms with Gasteiger partial charge in [-0.2, -0.15) is 0 Å². The Morgan fingerprint density at radius 2 is 1.53 bits per heavy atom. The lowest BCUT2D eigenvalue weighted by molar-refractivity contribution is 0.303. The molecule has 0 saturated heterocycles. The molecule has 0 aromatic heterocycles. The van der Waals surface area contributed by atoms with Crippen molar-refractivity contribution >= 4 is 34.0 Å². The van der Waals surface area contributed by atoms with E-state index in [2.05, 4.69) is 41.7 Å². The third-order valence-corrected chi connectivity index (χ3v) is 6.19. The molecule has 0 unspecified atom stereocenters. The Bertz CT molecular complexity index is 1170. The second-order valence-corrected chi connectivity index (χ2v) is 8.34. The van der Waals surface area contributed by atoms with Gasteiger partial charge < -0.3 is 14.8 Å². The van der Waals surface area contributed by atoms with Crippen LogP contribution < -0.4 is 14.8 Å². The van der Waals surface area contributed by atoms with E-state index in [1.165, 1.54) is 16.3 Å². The zero-order valence-corrected chi connectivity index (χ0v) is 19.4. The maximum atomic E-state index is 6.33. The minimum absolute atomic E-state index is 0.315. The Balaban J connectivity index is 1.48. The fraction of sp³-hybridized carbons (Fsp3) is 0.185. The van der Waals surface area contributed by atoms with E-state index in [1.807, 2.05) is 42.5 Å². The molecule has 4 aromatic rings. The Labute approximate surface area is 198 Å². The van der Waals surface area contributed by atoms with Crippen LogP contribution in [0.2, 0.25) is 10.0 Å². The van der Waals surface area contributed by atoms with Crippen molar-refractivity contribution in [1.29, 1.82) is 0 Å². The number of ether oxygens (including phenoxy) is 2. The SMILES string of the molecule is COc1ccc(CCNCc2c(OCc3c(Cl)cccc3Cl)ccc3ccccc23)cc1. The van der Waals surface area contributed by atoms with Crippen molar-refractivity contribution in [2.24, 2.45) is 0 Å². The average Bonchev–Trinajstić information content (AvgIpc) is 2.82. The van der Waals surface area contributed by atoms with Crippen LogP contribution in [0.3, 0.4) is 0 Å². The summed E-state index contributed by atoms with van der Waals surface area (Å²) in [5.74, 6) is 1.70. The maximum Gasteiger partial charge on any atom is 0.124 e. The van der Waals surface area contributed by atoms with Crippen LogP contribution in [0.4, 0.5) is 0 Å². The molecule has 0 aliphatic rings. The number of methoxy groups -OCH3 is 1. The van der Waals surface area contributed by atoms with Gasteiger partial charge in [-0.05, 0) is 59.6 Å². The number of benzene rings is 4. The summed E-state index contributed by atoms with van der Waals surface area (Å²) in [5.41, 5.74) is 3.18. The summed E-state index contributed by atoms with van der Waals surface area (Å²) in [6, 6.07) is 26.1. The van der Waals surface area contributed by atoms with Crippen LogP contribution >= 0.6 is 23.2 Å². The standard InChI is InChI=1S/C27H25Cl2NO2/c1-31-21-12-9-19(10-13-21)15-16-30-17-23-22-6-3-2-5-20(22)11-14-27(23)32-18-24-25(28)7-4-8-26(24)29/h2-14,30H,15-18H2,1H3.